The van der Waals surface area contributed by atoms with Crippen molar-refractivity contribution in [1.29, 1.82) is 0 Å². The second kappa shape index (κ2) is 8.41. The molecule has 0 spiro atoms. The highest BCUT2D eigenvalue weighted by atomic mass is 16.5. The quantitative estimate of drug-likeness (QED) is 0.612. The van der Waals surface area contributed by atoms with Crippen molar-refractivity contribution in [2.45, 2.75) is 39.5 Å². The topological polar surface area (TPSA) is 85.2 Å². The van der Waals surface area contributed by atoms with Crippen molar-refractivity contribution in [2.24, 2.45) is 0 Å². The Morgan fingerprint density at radius 3 is 2.63 bits per heavy atom. The SMILES string of the molecule is CCCn1c(C2NC(=O)NC(C)=C2C(=O)OCc2ccccc2)nc2ccccc21. The van der Waals surface area contributed by atoms with Crippen molar-refractivity contribution in [1.82, 2.24) is 20.2 Å². The number of esters is 1. The number of fused-ring (bicyclic) bond motifs is 1. The summed E-state index contributed by atoms with van der Waals surface area (Å²) in [5, 5.41) is 5.55. The van der Waals surface area contributed by atoms with Crippen LogP contribution in [0.3, 0.4) is 0 Å². The maximum absolute atomic E-state index is 13.0. The molecule has 0 fully saturated rings. The van der Waals surface area contributed by atoms with Crippen LogP contribution in [-0.4, -0.2) is 21.6 Å². The van der Waals surface area contributed by atoms with Gasteiger partial charge in [-0.05, 0) is 31.0 Å². The Kier molecular flexibility index (Phi) is 5.52. The van der Waals surface area contributed by atoms with Crippen LogP contribution in [0.2, 0.25) is 0 Å². The summed E-state index contributed by atoms with van der Waals surface area (Å²) >= 11 is 0. The van der Waals surface area contributed by atoms with E-state index in [0.717, 1.165) is 29.6 Å². The maximum atomic E-state index is 13.0. The van der Waals surface area contributed by atoms with E-state index in [1.807, 2.05) is 54.6 Å². The molecule has 0 saturated heterocycles. The average Bonchev–Trinajstić information content (AvgIpc) is 3.11. The number of benzene rings is 2. The molecule has 7 nitrogen and oxygen atoms in total. The van der Waals surface area contributed by atoms with Gasteiger partial charge in [0.25, 0.3) is 0 Å². The summed E-state index contributed by atoms with van der Waals surface area (Å²) in [6.45, 7) is 4.66. The van der Waals surface area contributed by atoms with Gasteiger partial charge in [0, 0.05) is 12.2 Å². The van der Waals surface area contributed by atoms with Crippen LogP contribution in [0.25, 0.3) is 11.0 Å². The van der Waals surface area contributed by atoms with Crippen LogP contribution < -0.4 is 10.6 Å². The average molecular weight is 404 g/mol. The highest BCUT2D eigenvalue weighted by Gasteiger charge is 2.35. The van der Waals surface area contributed by atoms with Crippen molar-refractivity contribution in [3.05, 3.63) is 77.3 Å². The molecule has 1 atom stereocenters. The standard InChI is InChI=1S/C23H24N4O3/c1-3-13-27-18-12-8-7-11-17(18)25-21(27)20-19(15(2)24-23(29)26-20)22(28)30-14-16-9-5-4-6-10-16/h4-12,20H,3,13-14H2,1-2H3,(H2,24,26,29). The molecule has 7 heteroatoms. The summed E-state index contributed by atoms with van der Waals surface area (Å²) in [5.74, 6) is 0.142. The van der Waals surface area contributed by atoms with Gasteiger partial charge in [0.1, 0.15) is 18.5 Å². The van der Waals surface area contributed by atoms with Crippen LogP contribution in [0, 0.1) is 0 Å². The highest BCUT2D eigenvalue weighted by Crippen LogP contribution is 2.30. The number of allylic oxidation sites excluding steroid dienone is 1. The number of ether oxygens (including phenoxy) is 1. The van der Waals surface area contributed by atoms with E-state index < -0.39 is 12.0 Å². The lowest BCUT2D eigenvalue weighted by molar-refractivity contribution is -0.140. The zero-order chi connectivity index (χ0) is 21.1. The van der Waals surface area contributed by atoms with Gasteiger partial charge in [-0.3, -0.25) is 0 Å². The molecular formula is C23H24N4O3. The van der Waals surface area contributed by atoms with E-state index >= 15 is 0 Å². The highest BCUT2D eigenvalue weighted by molar-refractivity contribution is 5.95. The Balaban J connectivity index is 1.71. The number of aromatic nitrogens is 2. The summed E-state index contributed by atoms with van der Waals surface area (Å²) in [6.07, 6.45) is 0.892. The number of aryl methyl sites for hydroxylation is 1. The molecule has 1 unspecified atom stereocenters. The number of rotatable bonds is 6. The van der Waals surface area contributed by atoms with Crippen molar-refractivity contribution >= 4 is 23.0 Å². The molecule has 2 amide bonds. The van der Waals surface area contributed by atoms with E-state index in [-0.39, 0.29) is 12.6 Å². The molecular weight excluding hydrogens is 380 g/mol. The fourth-order valence-corrected chi connectivity index (χ4v) is 3.73. The number of carbonyl (C=O) groups excluding carboxylic acids is 2. The third-order valence-electron chi connectivity index (χ3n) is 5.09. The fraction of sp³-hybridized carbons (Fsp3) is 0.261. The van der Waals surface area contributed by atoms with Crippen molar-refractivity contribution < 1.29 is 14.3 Å². The zero-order valence-corrected chi connectivity index (χ0v) is 17.0. The Bertz CT molecular complexity index is 1120. The van der Waals surface area contributed by atoms with Gasteiger partial charge in [-0.1, -0.05) is 49.4 Å². The van der Waals surface area contributed by atoms with Crippen LogP contribution in [0.5, 0.6) is 0 Å². The number of carbonyl (C=O) groups is 2. The Labute approximate surface area is 174 Å². The monoisotopic (exact) mass is 404 g/mol. The van der Waals surface area contributed by atoms with E-state index in [0.29, 0.717) is 17.1 Å². The summed E-state index contributed by atoms with van der Waals surface area (Å²) in [7, 11) is 0. The smallest absolute Gasteiger partial charge is 0.338 e. The number of nitrogens with zero attached hydrogens (tertiary/aromatic N) is 2. The minimum atomic E-state index is -0.694. The molecule has 4 rings (SSSR count). The second-order valence-corrected chi connectivity index (χ2v) is 7.24. The molecule has 1 aliphatic heterocycles. The summed E-state index contributed by atoms with van der Waals surface area (Å²) in [6, 6.07) is 16.2. The molecule has 0 radical (unpaired) electrons. The summed E-state index contributed by atoms with van der Waals surface area (Å²) < 4.78 is 7.63. The van der Waals surface area contributed by atoms with Crippen LogP contribution in [0.1, 0.15) is 37.7 Å². The largest absolute Gasteiger partial charge is 0.457 e. The Morgan fingerprint density at radius 2 is 1.87 bits per heavy atom. The Morgan fingerprint density at radius 1 is 1.13 bits per heavy atom. The lowest BCUT2D eigenvalue weighted by atomic mass is 10.0. The van der Waals surface area contributed by atoms with Crippen LogP contribution >= 0.6 is 0 Å². The van der Waals surface area contributed by atoms with E-state index in [2.05, 4.69) is 22.1 Å². The predicted molar refractivity (Wildman–Crippen MR) is 113 cm³/mol. The van der Waals surface area contributed by atoms with Crippen molar-refractivity contribution in [3.63, 3.8) is 0 Å². The molecule has 0 saturated carbocycles. The number of amides is 2. The van der Waals surface area contributed by atoms with E-state index in [9.17, 15) is 9.59 Å². The third-order valence-corrected chi connectivity index (χ3v) is 5.09. The number of para-hydroxylation sites is 2. The van der Waals surface area contributed by atoms with Crippen LogP contribution in [0.4, 0.5) is 4.79 Å². The molecule has 3 aromatic rings. The molecule has 0 aliphatic carbocycles. The van der Waals surface area contributed by atoms with Gasteiger partial charge in [0.05, 0.1) is 16.6 Å². The molecule has 2 heterocycles. The van der Waals surface area contributed by atoms with Gasteiger partial charge in [0.15, 0.2) is 0 Å². The van der Waals surface area contributed by atoms with E-state index in [4.69, 9.17) is 9.72 Å². The molecule has 1 aliphatic rings. The Hall–Kier alpha value is -3.61. The number of nitrogens with one attached hydrogen (secondary N) is 2. The maximum Gasteiger partial charge on any atom is 0.338 e. The molecule has 30 heavy (non-hydrogen) atoms. The van der Waals surface area contributed by atoms with Gasteiger partial charge < -0.3 is 19.9 Å². The van der Waals surface area contributed by atoms with Gasteiger partial charge in [-0.2, -0.15) is 0 Å². The van der Waals surface area contributed by atoms with Crippen molar-refractivity contribution in [2.75, 3.05) is 0 Å². The normalized spacial score (nSPS) is 16.3. The third kappa shape index (κ3) is 3.78. The summed E-state index contributed by atoms with van der Waals surface area (Å²) in [4.78, 5) is 30.0. The van der Waals surface area contributed by atoms with E-state index in [1.165, 1.54) is 0 Å². The van der Waals surface area contributed by atoms with Crippen molar-refractivity contribution in [3.8, 4) is 0 Å². The predicted octanol–water partition coefficient (Wildman–Crippen LogP) is 3.82. The first-order valence-corrected chi connectivity index (χ1v) is 10.0. The van der Waals surface area contributed by atoms with Gasteiger partial charge in [-0.25, -0.2) is 14.6 Å². The summed E-state index contributed by atoms with van der Waals surface area (Å²) in [5.41, 5.74) is 3.52. The molecule has 2 aromatic carbocycles. The minimum absolute atomic E-state index is 0.155. The number of imidazole rings is 1. The molecule has 1 aromatic heterocycles. The first kappa shape index (κ1) is 19.7. The lowest BCUT2D eigenvalue weighted by Crippen LogP contribution is -2.46. The van der Waals surface area contributed by atoms with Gasteiger partial charge in [0.2, 0.25) is 0 Å². The van der Waals surface area contributed by atoms with E-state index in [1.54, 1.807) is 6.92 Å². The number of urea groups is 1. The van der Waals surface area contributed by atoms with Gasteiger partial charge in [-0.15, -0.1) is 0 Å². The molecule has 0 bridgehead atoms. The van der Waals surface area contributed by atoms with Crippen LogP contribution in [-0.2, 0) is 22.7 Å². The molecule has 154 valence electrons. The lowest BCUT2D eigenvalue weighted by Gasteiger charge is -2.28. The first-order chi connectivity index (χ1) is 14.6. The fourth-order valence-electron chi connectivity index (χ4n) is 3.73. The van der Waals surface area contributed by atoms with Crippen LogP contribution in [0.15, 0.2) is 65.9 Å². The van der Waals surface area contributed by atoms with Gasteiger partial charge >= 0.3 is 12.0 Å². The molecule has 2 N–H and O–H groups in total. The minimum Gasteiger partial charge on any atom is -0.457 e. The number of hydrogen-bond donors (Lipinski definition) is 2. The number of hydrogen-bond acceptors (Lipinski definition) is 4. The second-order valence-electron chi connectivity index (χ2n) is 7.24. The first-order valence-electron chi connectivity index (χ1n) is 10.0. The zero-order valence-electron chi connectivity index (χ0n) is 17.0.